The molecule has 1 aromatic heterocycles. The van der Waals surface area contributed by atoms with Crippen LogP contribution in [0, 0.1) is 0 Å². The van der Waals surface area contributed by atoms with Gasteiger partial charge in [0.15, 0.2) is 0 Å². The Labute approximate surface area is 317 Å². The van der Waals surface area contributed by atoms with Crippen LogP contribution in [0.5, 0.6) is 0 Å². The van der Waals surface area contributed by atoms with Crippen LogP contribution >= 0.6 is 11.3 Å². The van der Waals surface area contributed by atoms with Gasteiger partial charge in [0, 0.05) is 10.9 Å². The van der Waals surface area contributed by atoms with Crippen molar-refractivity contribution in [3.8, 4) is 55.1 Å². The molecule has 2 aliphatic rings. The molecule has 0 atom stereocenters. The van der Waals surface area contributed by atoms with Gasteiger partial charge < -0.3 is 0 Å². The van der Waals surface area contributed by atoms with Crippen molar-refractivity contribution >= 4 is 43.1 Å². The third-order valence-electron chi connectivity index (χ3n) is 11.9. The second-order valence-corrected chi connectivity index (χ2v) is 15.6. The topological polar surface area (TPSA) is 12.9 Å². The van der Waals surface area contributed by atoms with Gasteiger partial charge in [-0.05, 0) is 107 Å². The second-order valence-electron chi connectivity index (χ2n) is 14.6. The highest BCUT2D eigenvalue weighted by molar-refractivity contribution is 7.22. The molecule has 0 saturated carbocycles. The maximum absolute atomic E-state index is 5.07. The molecule has 2 heteroatoms. The summed E-state index contributed by atoms with van der Waals surface area (Å²) in [6.45, 7) is 0. The fourth-order valence-corrected chi connectivity index (χ4v) is 10.7. The summed E-state index contributed by atoms with van der Waals surface area (Å²) in [5, 5.41) is 6.09. The van der Waals surface area contributed by atoms with Crippen LogP contribution in [0.25, 0.3) is 86.8 Å². The van der Waals surface area contributed by atoms with Crippen LogP contribution in [-0.4, -0.2) is 4.98 Å². The summed E-state index contributed by atoms with van der Waals surface area (Å²) in [4.78, 5) is 5.07. The molecule has 0 aliphatic heterocycles. The Morgan fingerprint density at radius 3 is 1.59 bits per heavy atom. The van der Waals surface area contributed by atoms with Crippen molar-refractivity contribution in [3.05, 3.63) is 210 Å². The fourth-order valence-electron chi connectivity index (χ4n) is 9.56. The molecule has 10 aromatic rings. The number of nitrogens with zero attached hydrogens (tertiary/aromatic N) is 1. The van der Waals surface area contributed by atoms with E-state index in [9.17, 15) is 0 Å². The average Bonchev–Trinajstić information content (AvgIpc) is 3.91. The molecule has 0 fully saturated rings. The SMILES string of the molecule is c1ccc(-c2nc3ccc4ccc5ccc(-c6cccc(-c7ccc8c(c7)C7(c9ccccc9-c9ccccc97)c7ccccc7-8)c6)cc5c4c3s2)cc1. The van der Waals surface area contributed by atoms with Crippen molar-refractivity contribution in [2.24, 2.45) is 0 Å². The van der Waals surface area contributed by atoms with Gasteiger partial charge in [-0.1, -0.05) is 164 Å². The molecule has 9 aromatic carbocycles. The van der Waals surface area contributed by atoms with Gasteiger partial charge in [0.2, 0.25) is 0 Å². The molecule has 2 aliphatic carbocycles. The monoisotopic (exact) mass is 701 g/mol. The quantitative estimate of drug-likeness (QED) is 0.167. The molecule has 250 valence electrons. The van der Waals surface area contributed by atoms with Gasteiger partial charge >= 0.3 is 0 Å². The van der Waals surface area contributed by atoms with E-state index in [0.717, 1.165) is 16.1 Å². The van der Waals surface area contributed by atoms with Gasteiger partial charge in [0.05, 0.1) is 15.6 Å². The summed E-state index contributed by atoms with van der Waals surface area (Å²) >= 11 is 1.79. The van der Waals surface area contributed by atoms with Gasteiger partial charge in [-0.3, -0.25) is 0 Å². The third-order valence-corrected chi connectivity index (χ3v) is 13.0. The molecule has 1 heterocycles. The maximum Gasteiger partial charge on any atom is 0.124 e. The zero-order valence-electron chi connectivity index (χ0n) is 29.3. The maximum atomic E-state index is 5.07. The van der Waals surface area contributed by atoms with Crippen LogP contribution < -0.4 is 0 Å². The molecule has 0 bridgehead atoms. The Kier molecular flexibility index (Phi) is 6.20. The summed E-state index contributed by atoms with van der Waals surface area (Å²) in [6.07, 6.45) is 0. The third kappa shape index (κ3) is 4.06. The first kappa shape index (κ1) is 29.9. The summed E-state index contributed by atoms with van der Waals surface area (Å²) in [5.41, 5.74) is 17.5. The summed E-state index contributed by atoms with van der Waals surface area (Å²) in [6, 6.07) is 69.7. The Morgan fingerprint density at radius 1 is 0.370 bits per heavy atom. The van der Waals surface area contributed by atoms with Gasteiger partial charge in [-0.25, -0.2) is 4.98 Å². The number of thiazole rings is 1. The number of hydrogen-bond donors (Lipinski definition) is 0. The second kappa shape index (κ2) is 11.2. The lowest BCUT2D eigenvalue weighted by Crippen LogP contribution is -2.25. The van der Waals surface area contributed by atoms with Gasteiger partial charge in [0.25, 0.3) is 0 Å². The average molecular weight is 702 g/mol. The summed E-state index contributed by atoms with van der Waals surface area (Å²) < 4.78 is 1.24. The number of hydrogen-bond acceptors (Lipinski definition) is 2. The molecular weight excluding hydrogens is 671 g/mol. The zero-order chi connectivity index (χ0) is 35.4. The normalized spacial score (nSPS) is 13.3. The summed E-state index contributed by atoms with van der Waals surface area (Å²) in [7, 11) is 0. The van der Waals surface area contributed by atoms with Crippen LogP contribution in [-0.2, 0) is 5.41 Å². The van der Waals surface area contributed by atoms with Crippen LogP contribution in [0.2, 0.25) is 0 Å². The van der Waals surface area contributed by atoms with E-state index in [2.05, 4.69) is 188 Å². The lowest BCUT2D eigenvalue weighted by molar-refractivity contribution is 0.794. The Balaban J connectivity index is 1.02. The van der Waals surface area contributed by atoms with Crippen molar-refractivity contribution in [1.82, 2.24) is 4.98 Å². The zero-order valence-corrected chi connectivity index (χ0v) is 30.1. The lowest BCUT2D eigenvalue weighted by atomic mass is 9.70. The number of rotatable bonds is 3. The standard InChI is InChI=1S/C52H31NS/c1-2-11-34(12-3-1)51-53-48-28-26-33-23-21-32-22-24-37(30-43(32)49(33)50(48)54-51)35-13-10-14-36(29-35)38-25-27-42-41-17-6-9-20-46(41)52(47(42)31-38)44-18-7-4-15-39(44)40-16-5-8-19-45(40)52/h1-31H. The van der Waals surface area contributed by atoms with Crippen molar-refractivity contribution in [3.63, 3.8) is 0 Å². The lowest BCUT2D eigenvalue weighted by Gasteiger charge is -2.30. The number of aromatic nitrogens is 1. The van der Waals surface area contributed by atoms with E-state index in [4.69, 9.17) is 4.98 Å². The molecule has 0 N–H and O–H groups in total. The Bertz CT molecular complexity index is 3110. The van der Waals surface area contributed by atoms with E-state index in [0.29, 0.717) is 0 Å². The van der Waals surface area contributed by atoms with Gasteiger partial charge in [-0.2, -0.15) is 0 Å². The summed E-state index contributed by atoms with van der Waals surface area (Å²) in [5.74, 6) is 0. The highest BCUT2D eigenvalue weighted by Crippen LogP contribution is 2.63. The van der Waals surface area contributed by atoms with Gasteiger partial charge in [0.1, 0.15) is 5.01 Å². The number of fused-ring (bicyclic) bond motifs is 15. The smallest absolute Gasteiger partial charge is 0.124 e. The van der Waals surface area contributed by atoms with E-state index in [-0.39, 0.29) is 5.41 Å². The van der Waals surface area contributed by atoms with Crippen LogP contribution in [0.15, 0.2) is 188 Å². The van der Waals surface area contributed by atoms with E-state index in [1.165, 1.54) is 93.0 Å². The molecule has 1 nitrogen and oxygen atoms in total. The van der Waals surface area contributed by atoms with E-state index >= 15 is 0 Å². The Morgan fingerprint density at radius 2 is 0.889 bits per heavy atom. The molecule has 1 spiro atoms. The minimum absolute atomic E-state index is 0.353. The van der Waals surface area contributed by atoms with E-state index in [1.54, 1.807) is 11.3 Å². The minimum atomic E-state index is -0.353. The van der Waals surface area contributed by atoms with Crippen molar-refractivity contribution < 1.29 is 0 Å². The minimum Gasteiger partial charge on any atom is -0.236 e. The fraction of sp³-hybridized carbons (Fsp3) is 0.0192. The first-order chi connectivity index (χ1) is 26.8. The van der Waals surface area contributed by atoms with Crippen LogP contribution in [0.4, 0.5) is 0 Å². The molecule has 0 unspecified atom stereocenters. The van der Waals surface area contributed by atoms with E-state index in [1.807, 2.05) is 0 Å². The van der Waals surface area contributed by atoms with Crippen molar-refractivity contribution in [1.29, 1.82) is 0 Å². The molecule has 12 rings (SSSR count). The first-order valence-electron chi connectivity index (χ1n) is 18.6. The molecule has 0 radical (unpaired) electrons. The predicted octanol–water partition coefficient (Wildman–Crippen LogP) is 13.9. The van der Waals surface area contributed by atoms with Gasteiger partial charge in [-0.15, -0.1) is 11.3 Å². The largest absolute Gasteiger partial charge is 0.236 e. The molecular formula is C52H31NS. The predicted molar refractivity (Wildman–Crippen MR) is 227 cm³/mol. The Hall–Kier alpha value is -6.61. The first-order valence-corrected chi connectivity index (χ1v) is 19.4. The van der Waals surface area contributed by atoms with Crippen LogP contribution in [0.3, 0.4) is 0 Å². The van der Waals surface area contributed by atoms with Crippen molar-refractivity contribution in [2.45, 2.75) is 5.41 Å². The molecule has 0 amide bonds. The highest BCUT2D eigenvalue weighted by Gasteiger charge is 2.51. The highest BCUT2D eigenvalue weighted by atomic mass is 32.1. The molecule has 0 saturated heterocycles. The van der Waals surface area contributed by atoms with Crippen LogP contribution in [0.1, 0.15) is 22.3 Å². The van der Waals surface area contributed by atoms with E-state index < -0.39 is 0 Å². The number of benzene rings is 9. The van der Waals surface area contributed by atoms with Crippen molar-refractivity contribution in [2.75, 3.05) is 0 Å². The molecule has 54 heavy (non-hydrogen) atoms.